The zero-order valence-electron chi connectivity index (χ0n) is 16.4. The molecule has 1 atom stereocenters. The summed E-state index contributed by atoms with van der Waals surface area (Å²) in [7, 11) is 0. The number of hydrogen-bond acceptors (Lipinski definition) is 3. The van der Waals surface area contributed by atoms with Gasteiger partial charge >= 0.3 is 0 Å². The van der Waals surface area contributed by atoms with Gasteiger partial charge < -0.3 is 10.2 Å². The molecule has 2 aromatic carbocycles. The van der Waals surface area contributed by atoms with Crippen LogP contribution in [0.15, 0.2) is 59.5 Å². The Morgan fingerprint density at radius 1 is 1.11 bits per heavy atom. The smallest absolute Gasteiger partial charge is 0.242 e. The van der Waals surface area contributed by atoms with Crippen LogP contribution in [0, 0.1) is 0 Å². The monoisotopic (exact) mass is 418 g/mol. The Labute approximate surface area is 176 Å². The zero-order chi connectivity index (χ0) is 20.4. The molecule has 0 aromatic heterocycles. The standard InChI is InChI=1S/C22H27ClN2O2S/c1-3-14-24-22(27)17(2)25(15-13-18-7-5-4-6-8-18)21(26)16-28-20-11-9-19(23)10-12-20/h4-12,17H,3,13-16H2,1-2H3,(H,24,27). The number of amides is 2. The topological polar surface area (TPSA) is 49.4 Å². The van der Waals surface area contributed by atoms with E-state index in [2.05, 4.69) is 5.32 Å². The maximum Gasteiger partial charge on any atom is 0.242 e. The fraction of sp³-hybridized carbons (Fsp3) is 0.364. The molecule has 0 aliphatic heterocycles. The maximum absolute atomic E-state index is 12.9. The first-order valence-corrected chi connectivity index (χ1v) is 10.9. The van der Waals surface area contributed by atoms with Crippen molar-refractivity contribution in [3.8, 4) is 0 Å². The van der Waals surface area contributed by atoms with E-state index in [4.69, 9.17) is 11.6 Å². The molecule has 0 saturated carbocycles. The quantitative estimate of drug-likeness (QED) is 0.581. The lowest BCUT2D eigenvalue weighted by Crippen LogP contribution is -2.49. The van der Waals surface area contributed by atoms with Crippen LogP contribution in [0.5, 0.6) is 0 Å². The van der Waals surface area contributed by atoms with E-state index < -0.39 is 6.04 Å². The summed E-state index contributed by atoms with van der Waals surface area (Å²) in [5.74, 6) is 0.122. The van der Waals surface area contributed by atoms with Gasteiger partial charge in [-0.2, -0.15) is 0 Å². The van der Waals surface area contributed by atoms with Crippen LogP contribution < -0.4 is 5.32 Å². The Morgan fingerprint density at radius 3 is 2.43 bits per heavy atom. The Kier molecular flexibility index (Phi) is 9.38. The molecule has 0 spiro atoms. The third-order valence-corrected chi connectivity index (χ3v) is 5.63. The van der Waals surface area contributed by atoms with E-state index in [1.165, 1.54) is 11.8 Å². The van der Waals surface area contributed by atoms with E-state index >= 15 is 0 Å². The second-order valence-electron chi connectivity index (χ2n) is 6.53. The fourth-order valence-corrected chi connectivity index (χ4v) is 3.64. The van der Waals surface area contributed by atoms with E-state index in [1.807, 2.05) is 61.5 Å². The van der Waals surface area contributed by atoms with E-state index in [9.17, 15) is 9.59 Å². The molecule has 0 heterocycles. The number of carbonyl (C=O) groups is 2. The highest BCUT2D eigenvalue weighted by molar-refractivity contribution is 8.00. The van der Waals surface area contributed by atoms with Crippen LogP contribution in [0.3, 0.4) is 0 Å². The molecule has 1 N–H and O–H groups in total. The SMILES string of the molecule is CCCNC(=O)C(C)N(CCc1ccccc1)C(=O)CSc1ccc(Cl)cc1. The lowest BCUT2D eigenvalue weighted by atomic mass is 10.1. The van der Waals surface area contributed by atoms with Crippen LogP contribution in [0.25, 0.3) is 0 Å². The highest BCUT2D eigenvalue weighted by Gasteiger charge is 2.25. The lowest BCUT2D eigenvalue weighted by molar-refractivity contribution is -0.137. The third kappa shape index (κ3) is 7.21. The van der Waals surface area contributed by atoms with Gasteiger partial charge in [0, 0.05) is 23.0 Å². The van der Waals surface area contributed by atoms with E-state index in [0.29, 0.717) is 24.5 Å². The molecule has 1 unspecified atom stereocenters. The molecule has 6 heteroatoms. The summed E-state index contributed by atoms with van der Waals surface area (Å²) >= 11 is 7.37. The van der Waals surface area contributed by atoms with Gasteiger partial charge in [0.15, 0.2) is 0 Å². The van der Waals surface area contributed by atoms with Gasteiger partial charge in [0.1, 0.15) is 6.04 Å². The van der Waals surface area contributed by atoms with Gasteiger partial charge in [-0.15, -0.1) is 11.8 Å². The van der Waals surface area contributed by atoms with Crippen molar-refractivity contribution >= 4 is 35.2 Å². The summed E-state index contributed by atoms with van der Waals surface area (Å²) < 4.78 is 0. The predicted molar refractivity (Wildman–Crippen MR) is 117 cm³/mol. The van der Waals surface area contributed by atoms with Gasteiger partial charge in [0.05, 0.1) is 5.75 Å². The van der Waals surface area contributed by atoms with Crippen molar-refractivity contribution in [2.24, 2.45) is 0 Å². The average molecular weight is 419 g/mol. The number of halogens is 1. The molecule has 0 bridgehead atoms. The molecular weight excluding hydrogens is 392 g/mol. The van der Waals surface area contributed by atoms with Gasteiger partial charge in [-0.3, -0.25) is 9.59 Å². The van der Waals surface area contributed by atoms with E-state index in [0.717, 1.165) is 16.9 Å². The van der Waals surface area contributed by atoms with Crippen LogP contribution in [0.4, 0.5) is 0 Å². The summed E-state index contributed by atoms with van der Waals surface area (Å²) in [6, 6.07) is 16.9. The minimum absolute atomic E-state index is 0.0463. The average Bonchev–Trinajstić information content (AvgIpc) is 2.72. The molecule has 0 aliphatic rings. The van der Waals surface area contributed by atoms with Crippen LogP contribution in [0.1, 0.15) is 25.8 Å². The minimum atomic E-state index is -0.506. The Morgan fingerprint density at radius 2 is 1.79 bits per heavy atom. The second kappa shape index (κ2) is 11.8. The summed E-state index contributed by atoms with van der Waals surface area (Å²) in [6.07, 6.45) is 1.58. The minimum Gasteiger partial charge on any atom is -0.354 e. The van der Waals surface area contributed by atoms with Gasteiger partial charge in [-0.25, -0.2) is 0 Å². The van der Waals surface area contributed by atoms with Gasteiger partial charge in [-0.05, 0) is 49.6 Å². The zero-order valence-corrected chi connectivity index (χ0v) is 17.9. The Hall–Kier alpha value is -1.98. The first-order valence-electron chi connectivity index (χ1n) is 9.50. The fourth-order valence-electron chi connectivity index (χ4n) is 2.72. The first-order chi connectivity index (χ1) is 13.5. The number of nitrogens with zero attached hydrogens (tertiary/aromatic N) is 1. The van der Waals surface area contributed by atoms with Crippen molar-refractivity contribution in [2.75, 3.05) is 18.8 Å². The predicted octanol–water partition coefficient (Wildman–Crippen LogP) is 4.42. The Balaban J connectivity index is 2.03. The molecule has 4 nitrogen and oxygen atoms in total. The van der Waals surface area contributed by atoms with Crippen LogP contribution in [-0.2, 0) is 16.0 Å². The molecule has 2 amide bonds. The van der Waals surface area contributed by atoms with Crippen LogP contribution >= 0.6 is 23.4 Å². The van der Waals surface area contributed by atoms with E-state index in [-0.39, 0.29) is 17.6 Å². The Bertz CT molecular complexity index is 753. The van der Waals surface area contributed by atoms with Crippen molar-refractivity contribution < 1.29 is 9.59 Å². The summed E-state index contributed by atoms with van der Waals surface area (Å²) in [5, 5.41) is 3.56. The van der Waals surface area contributed by atoms with Gasteiger partial charge in [0.25, 0.3) is 0 Å². The van der Waals surface area contributed by atoms with E-state index in [1.54, 1.807) is 11.8 Å². The van der Waals surface area contributed by atoms with Gasteiger partial charge in [-0.1, -0.05) is 48.9 Å². The molecule has 0 aliphatic carbocycles. The van der Waals surface area contributed by atoms with Crippen molar-refractivity contribution in [3.05, 3.63) is 65.2 Å². The second-order valence-corrected chi connectivity index (χ2v) is 8.02. The normalized spacial score (nSPS) is 11.7. The maximum atomic E-state index is 12.9. The van der Waals surface area contributed by atoms with Crippen molar-refractivity contribution in [3.63, 3.8) is 0 Å². The first kappa shape index (κ1) is 22.3. The van der Waals surface area contributed by atoms with Crippen LogP contribution in [-0.4, -0.2) is 41.6 Å². The number of rotatable bonds is 10. The molecule has 0 radical (unpaired) electrons. The largest absolute Gasteiger partial charge is 0.354 e. The molecule has 2 rings (SSSR count). The van der Waals surface area contributed by atoms with Crippen molar-refractivity contribution in [1.29, 1.82) is 0 Å². The lowest BCUT2D eigenvalue weighted by Gasteiger charge is -2.28. The highest BCUT2D eigenvalue weighted by atomic mass is 35.5. The van der Waals surface area contributed by atoms with Crippen LogP contribution in [0.2, 0.25) is 5.02 Å². The van der Waals surface area contributed by atoms with Crippen molar-refractivity contribution in [1.82, 2.24) is 10.2 Å². The highest BCUT2D eigenvalue weighted by Crippen LogP contribution is 2.21. The molecule has 2 aromatic rings. The number of hydrogen-bond donors (Lipinski definition) is 1. The molecule has 0 saturated heterocycles. The molecular formula is C22H27ClN2O2S. The number of nitrogens with one attached hydrogen (secondary N) is 1. The number of benzene rings is 2. The number of carbonyl (C=O) groups excluding carboxylic acids is 2. The number of thioether (sulfide) groups is 1. The van der Waals surface area contributed by atoms with Crippen molar-refractivity contribution in [2.45, 2.75) is 37.6 Å². The summed E-state index contributed by atoms with van der Waals surface area (Å²) in [5.41, 5.74) is 1.15. The third-order valence-electron chi connectivity index (χ3n) is 4.38. The molecule has 0 fully saturated rings. The molecule has 150 valence electrons. The summed E-state index contributed by atoms with van der Waals surface area (Å²) in [6.45, 7) is 4.92. The summed E-state index contributed by atoms with van der Waals surface area (Å²) in [4.78, 5) is 28.0. The molecule has 28 heavy (non-hydrogen) atoms. The van der Waals surface area contributed by atoms with Gasteiger partial charge in [0.2, 0.25) is 11.8 Å².